The summed E-state index contributed by atoms with van der Waals surface area (Å²) in [7, 11) is 0. The van der Waals surface area contributed by atoms with Gasteiger partial charge >= 0.3 is 0 Å². The molecule has 0 aliphatic heterocycles. The number of fused-ring (bicyclic) bond motifs is 10. The van der Waals surface area contributed by atoms with E-state index in [0.717, 1.165) is 0 Å². The van der Waals surface area contributed by atoms with Crippen molar-refractivity contribution in [1.82, 2.24) is 0 Å². The average Bonchev–Trinajstić information content (AvgIpc) is 3.59. The minimum Gasteiger partial charge on any atom is -0.0619 e. The van der Waals surface area contributed by atoms with Crippen molar-refractivity contribution < 1.29 is 0 Å². The molecule has 0 saturated carbocycles. The molecule has 2 aliphatic carbocycles. The second-order valence-corrected chi connectivity index (χ2v) is 16.4. The van der Waals surface area contributed by atoms with Crippen LogP contribution in [-0.4, -0.2) is 0 Å². The molecular formula is C54H40. The maximum absolute atomic E-state index is 2.51. The van der Waals surface area contributed by atoms with E-state index in [9.17, 15) is 0 Å². The van der Waals surface area contributed by atoms with Gasteiger partial charge in [-0.05, 0) is 122 Å². The van der Waals surface area contributed by atoms with Crippen molar-refractivity contribution in [3.05, 3.63) is 192 Å². The van der Waals surface area contributed by atoms with E-state index in [2.05, 4.69) is 198 Å². The number of hydrogen-bond donors (Lipinski definition) is 0. The van der Waals surface area contributed by atoms with Crippen LogP contribution in [0, 0.1) is 0 Å². The molecule has 0 heteroatoms. The minimum atomic E-state index is -0.115. The van der Waals surface area contributed by atoms with E-state index in [0.29, 0.717) is 0 Å². The summed E-state index contributed by atoms with van der Waals surface area (Å²) < 4.78 is 0. The maximum Gasteiger partial charge on any atom is 0.0162 e. The lowest BCUT2D eigenvalue weighted by Gasteiger charge is -2.31. The zero-order chi connectivity index (χ0) is 36.3. The van der Waals surface area contributed by atoms with Crippen molar-refractivity contribution >= 4 is 32.3 Å². The molecule has 0 spiro atoms. The van der Waals surface area contributed by atoms with Gasteiger partial charge in [0.15, 0.2) is 0 Å². The Labute approximate surface area is 317 Å². The molecule has 0 unspecified atom stereocenters. The second kappa shape index (κ2) is 11.1. The van der Waals surface area contributed by atoms with Crippen molar-refractivity contribution in [2.45, 2.75) is 38.5 Å². The van der Waals surface area contributed by atoms with Crippen LogP contribution >= 0.6 is 0 Å². The summed E-state index contributed by atoms with van der Waals surface area (Å²) in [6.45, 7) is 9.71. The van der Waals surface area contributed by atoms with Gasteiger partial charge in [-0.15, -0.1) is 0 Å². The molecule has 9 aromatic carbocycles. The standard InChI is InChI=1S/C54H40/c1-53(2)46-23-13-11-17-38(46)45-32-44(50-43-22-12-14-24-47(43)54(3,4)52(50)51(45)53)34-26-28-35(29-27-34)48-39-18-7-9-20-41(39)49(42-21-10-8-19-40(42)48)37-30-25-33-15-5-6-16-36(33)31-37/h5-32H,1-4H3. The summed E-state index contributed by atoms with van der Waals surface area (Å²) in [5.74, 6) is 0. The van der Waals surface area contributed by atoms with E-state index in [4.69, 9.17) is 0 Å². The topological polar surface area (TPSA) is 0 Å². The smallest absolute Gasteiger partial charge is 0.0162 e. The van der Waals surface area contributed by atoms with Gasteiger partial charge in [0.1, 0.15) is 0 Å². The van der Waals surface area contributed by atoms with Crippen molar-refractivity contribution in [1.29, 1.82) is 0 Å². The first-order chi connectivity index (χ1) is 26.3. The largest absolute Gasteiger partial charge is 0.0619 e. The third-order valence-electron chi connectivity index (χ3n) is 12.8. The number of benzene rings is 9. The molecule has 0 amide bonds. The Morgan fingerprint density at radius 2 is 0.759 bits per heavy atom. The van der Waals surface area contributed by atoms with Crippen LogP contribution in [0.3, 0.4) is 0 Å². The van der Waals surface area contributed by atoms with Gasteiger partial charge in [0.25, 0.3) is 0 Å². The van der Waals surface area contributed by atoms with Crippen molar-refractivity contribution in [3.63, 3.8) is 0 Å². The van der Waals surface area contributed by atoms with Gasteiger partial charge < -0.3 is 0 Å². The summed E-state index contributed by atoms with van der Waals surface area (Å²) in [5.41, 5.74) is 18.8. The lowest BCUT2D eigenvalue weighted by Crippen LogP contribution is -2.24. The Balaban J connectivity index is 1.14. The molecule has 0 heterocycles. The quantitative estimate of drug-likeness (QED) is 0.162. The Morgan fingerprint density at radius 3 is 1.41 bits per heavy atom. The van der Waals surface area contributed by atoms with Gasteiger partial charge in [0.05, 0.1) is 0 Å². The zero-order valence-corrected chi connectivity index (χ0v) is 31.2. The normalized spacial score (nSPS) is 14.6. The highest BCUT2D eigenvalue weighted by atomic mass is 14.5. The molecular weight excluding hydrogens is 649 g/mol. The van der Waals surface area contributed by atoms with Crippen LogP contribution in [-0.2, 0) is 10.8 Å². The first-order valence-corrected chi connectivity index (χ1v) is 19.3. The van der Waals surface area contributed by atoms with E-state index in [1.54, 1.807) is 0 Å². The molecule has 0 N–H and O–H groups in total. The number of rotatable bonds is 3. The third kappa shape index (κ3) is 4.20. The SMILES string of the molecule is CC1(C)c2ccccc2-c2cc(-c3ccc(-c4c5ccccc5c(-c5ccc6ccccc6c5)c5ccccc45)cc3)c3c(c21)C(C)(C)c1ccccc1-3. The summed E-state index contributed by atoms with van der Waals surface area (Å²) in [6.07, 6.45) is 0. The molecule has 0 fully saturated rings. The van der Waals surface area contributed by atoms with Gasteiger partial charge in [-0.1, -0.05) is 185 Å². The molecule has 9 aromatic rings. The minimum absolute atomic E-state index is 0.0845. The molecule has 11 rings (SSSR count). The molecule has 2 aliphatic rings. The van der Waals surface area contributed by atoms with Crippen molar-refractivity contribution in [3.8, 4) is 55.6 Å². The predicted octanol–water partition coefficient (Wildman–Crippen LogP) is 14.8. The van der Waals surface area contributed by atoms with Crippen LogP contribution < -0.4 is 0 Å². The summed E-state index contributed by atoms with van der Waals surface area (Å²) in [4.78, 5) is 0. The molecule has 256 valence electrons. The molecule has 0 saturated heterocycles. The first kappa shape index (κ1) is 31.3. The average molecular weight is 689 g/mol. The lowest BCUT2D eigenvalue weighted by molar-refractivity contribution is 0.601. The summed E-state index contributed by atoms with van der Waals surface area (Å²) in [5, 5.41) is 7.64. The second-order valence-electron chi connectivity index (χ2n) is 16.4. The third-order valence-corrected chi connectivity index (χ3v) is 12.8. The van der Waals surface area contributed by atoms with Crippen LogP contribution in [0.15, 0.2) is 170 Å². The van der Waals surface area contributed by atoms with Gasteiger partial charge in [0.2, 0.25) is 0 Å². The zero-order valence-electron chi connectivity index (χ0n) is 31.2. The Hall–Kier alpha value is -6.24. The van der Waals surface area contributed by atoms with Gasteiger partial charge in [-0.3, -0.25) is 0 Å². The van der Waals surface area contributed by atoms with E-state index < -0.39 is 0 Å². The molecule has 0 nitrogen and oxygen atoms in total. The molecule has 0 bridgehead atoms. The van der Waals surface area contributed by atoms with E-state index in [1.807, 2.05) is 0 Å². The van der Waals surface area contributed by atoms with Crippen LogP contribution in [0.2, 0.25) is 0 Å². The van der Waals surface area contributed by atoms with Crippen LogP contribution in [0.5, 0.6) is 0 Å². The Bertz CT molecular complexity index is 2970. The fraction of sp³-hybridized carbons (Fsp3) is 0.111. The monoisotopic (exact) mass is 688 g/mol. The van der Waals surface area contributed by atoms with Crippen LogP contribution in [0.4, 0.5) is 0 Å². The fourth-order valence-electron chi connectivity index (χ4n) is 10.4. The van der Waals surface area contributed by atoms with Gasteiger partial charge in [-0.2, -0.15) is 0 Å². The van der Waals surface area contributed by atoms with E-state index in [-0.39, 0.29) is 10.8 Å². The Morgan fingerprint density at radius 1 is 0.296 bits per heavy atom. The molecule has 0 aromatic heterocycles. The van der Waals surface area contributed by atoms with Gasteiger partial charge in [0, 0.05) is 10.8 Å². The maximum atomic E-state index is 2.51. The summed E-state index contributed by atoms with van der Waals surface area (Å²) in [6, 6.07) is 63.7. The lowest BCUT2D eigenvalue weighted by atomic mass is 9.71. The Kier molecular flexibility index (Phi) is 6.46. The van der Waals surface area contributed by atoms with Crippen molar-refractivity contribution in [2.75, 3.05) is 0 Å². The highest BCUT2D eigenvalue weighted by molar-refractivity contribution is 6.21. The fourth-order valence-corrected chi connectivity index (χ4v) is 10.4. The predicted molar refractivity (Wildman–Crippen MR) is 230 cm³/mol. The highest BCUT2D eigenvalue weighted by Gasteiger charge is 2.46. The molecule has 0 radical (unpaired) electrons. The van der Waals surface area contributed by atoms with E-state index >= 15 is 0 Å². The van der Waals surface area contributed by atoms with Crippen LogP contribution in [0.1, 0.15) is 49.9 Å². The summed E-state index contributed by atoms with van der Waals surface area (Å²) >= 11 is 0. The number of hydrogen-bond acceptors (Lipinski definition) is 0. The highest BCUT2D eigenvalue weighted by Crippen LogP contribution is 2.61. The first-order valence-electron chi connectivity index (χ1n) is 19.3. The van der Waals surface area contributed by atoms with E-state index in [1.165, 1.54) is 110 Å². The molecule has 54 heavy (non-hydrogen) atoms. The molecule has 0 atom stereocenters. The van der Waals surface area contributed by atoms with Crippen molar-refractivity contribution in [2.24, 2.45) is 0 Å². The van der Waals surface area contributed by atoms with Gasteiger partial charge in [-0.25, -0.2) is 0 Å². The van der Waals surface area contributed by atoms with Crippen LogP contribution in [0.25, 0.3) is 88.0 Å².